The highest BCUT2D eigenvalue weighted by atomic mass is 32.2. The summed E-state index contributed by atoms with van der Waals surface area (Å²) >= 11 is 0. The van der Waals surface area contributed by atoms with Crippen LogP contribution in [0, 0.1) is 13.8 Å². The zero-order chi connectivity index (χ0) is 25.9. The first kappa shape index (κ1) is 26.0. The van der Waals surface area contributed by atoms with Gasteiger partial charge in [-0.2, -0.15) is 0 Å². The Bertz CT molecular complexity index is 1200. The number of hydrogen-bond acceptors (Lipinski definition) is 6. The number of carbonyl (C=O) groups is 2. The Hall–Kier alpha value is -3.11. The van der Waals surface area contributed by atoms with Crippen molar-refractivity contribution in [1.82, 2.24) is 9.80 Å². The molecule has 194 valence electrons. The van der Waals surface area contributed by atoms with E-state index in [1.54, 1.807) is 34.1 Å². The molecule has 0 spiro atoms. The minimum atomic E-state index is -3.71. The maximum absolute atomic E-state index is 13.1. The summed E-state index contributed by atoms with van der Waals surface area (Å²) in [5, 5.41) is 0. The van der Waals surface area contributed by atoms with E-state index in [1.165, 1.54) is 16.8 Å². The third-order valence-electron chi connectivity index (χ3n) is 6.93. The highest BCUT2D eigenvalue weighted by Crippen LogP contribution is 2.24. The van der Waals surface area contributed by atoms with Gasteiger partial charge in [0.25, 0.3) is 5.91 Å². The molecule has 0 bridgehead atoms. The Balaban J connectivity index is 1.41. The van der Waals surface area contributed by atoms with Crippen LogP contribution in [0.15, 0.2) is 42.5 Å². The van der Waals surface area contributed by atoms with Crippen molar-refractivity contribution in [2.24, 2.45) is 0 Å². The predicted octanol–water partition coefficient (Wildman–Crippen LogP) is 1.89. The van der Waals surface area contributed by atoms with Crippen molar-refractivity contribution in [2.45, 2.75) is 13.8 Å². The summed E-state index contributed by atoms with van der Waals surface area (Å²) < 4.78 is 31.6. The topological polar surface area (TPSA) is 90.5 Å². The maximum Gasteiger partial charge on any atom is 0.254 e. The van der Waals surface area contributed by atoms with Gasteiger partial charge in [-0.25, -0.2) is 8.42 Å². The normalized spacial score (nSPS) is 16.7. The van der Waals surface area contributed by atoms with E-state index in [4.69, 9.17) is 4.74 Å². The summed E-state index contributed by atoms with van der Waals surface area (Å²) in [6.07, 6.45) is 1.09. The molecule has 2 aliphatic heterocycles. The third-order valence-corrected chi connectivity index (χ3v) is 8.07. The number of morpholine rings is 1. The van der Waals surface area contributed by atoms with Gasteiger partial charge in [0, 0.05) is 50.5 Å². The van der Waals surface area contributed by atoms with Crippen LogP contribution < -0.4 is 9.21 Å². The number of piperazine rings is 1. The third kappa shape index (κ3) is 5.82. The van der Waals surface area contributed by atoms with E-state index in [1.807, 2.05) is 6.07 Å². The first-order valence-electron chi connectivity index (χ1n) is 12.2. The molecule has 36 heavy (non-hydrogen) atoms. The monoisotopic (exact) mass is 514 g/mol. The highest BCUT2D eigenvalue weighted by molar-refractivity contribution is 7.92. The molecule has 2 saturated heterocycles. The average molecular weight is 515 g/mol. The van der Waals surface area contributed by atoms with Crippen LogP contribution in [-0.2, 0) is 19.6 Å². The van der Waals surface area contributed by atoms with Crippen molar-refractivity contribution in [3.05, 3.63) is 59.2 Å². The zero-order valence-corrected chi connectivity index (χ0v) is 22.0. The van der Waals surface area contributed by atoms with Crippen LogP contribution in [-0.4, -0.2) is 95.3 Å². The minimum absolute atomic E-state index is 0.117. The molecule has 9 nitrogen and oxygen atoms in total. The molecule has 0 radical (unpaired) electrons. The SMILES string of the molecule is Cc1cccc(N2CCN(C(=O)CN(c3ccc(C(=O)N4CCOCC4)cc3)S(C)(=O)=O)CC2)c1C. The number of carbonyl (C=O) groups excluding carboxylic acids is 2. The number of benzene rings is 2. The summed E-state index contributed by atoms with van der Waals surface area (Å²) in [7, 11) is -3.71. The van der Waals surface area contributed by atoms with Crippen LogP contribution >= 0.6 is 0 Å². The number of amides is 2. The number of ether oxygens (including phenoxy) is 1. The van der Waals surface area contributed by atoms with E-state index >= 15 is 0 Å². The molecule has 0 aromatic heterocycles. The predicted molar refractivity (Wildman–Crippen MR) is 140 cm³/mol. The van der Waals surface area contributed by atoms with Crippen LogP contribution in [0.5, 0.6) is 0 Å². The summed E-state index contributed by atoms with van der Waals surface area (Å²) in [6.45, 7) is 8.41. The molecule has 0 unspecified atom stereocenters. The van der Waals surface area contributed by atoms with Crippen molar-refractivity contribution in [1.29, 1.82) is 0 Å². The average Bonchev–Trinajstić information content (AvgIpc) is 2.88. The van der Waals surface area contributed by atoms with Crippen molar-refractivity contribution < 1.29 is 22.7 Å². The Morgan fingerprint density at radius 3 is 2.14 bits per heavy atom. The number of aryl methyl sites for hydroxylation is 1. The van der Waals surface area contributed by atoms with Gasteiger partial charge in [0.1, 0.15) is 6.54 Å². The molecule has 4 rings (SSSR count). The molecular weight excluding hydrogens is 480 g/mol. The summed E-state index contributed by atoms with van der Waals surface area (Å²) in [5.41, 5.74) is 4.47. The molecular formula is C26H34N4O5S. The lowest BCUT2D eigenvalue weighted by atomic mass is 10.1. The van der Waals surface area contributed by atoms with Crippen LogP contribution in [0.1, 0.15) is 21.5 Å². The molecule has 2 aliphatic rings. The van der Waals surface area contributed by atoms with Crippen molar-refractivity contribution in [2.75, 3.05) is 74.5 Å². The van der Waals surface area contributed by atoms with Gasteiger partial charge in [-0.1, -0.05) is 12.1 Å². The van der Waals surface area contributed by atoms with E-state index in [0.717, 1.165) is 10.6 Å². The Kier molecular flexibility index (Phi) is 7.85. The molecule has 2 heterocycles. The fraction of sp³-hybridized carbons (Fsp3) is 0.462. The van der Waals surface area contributed by atoms with E-state index in [0.29, 0.717) is 63.7 Å². The van der Waals surface area contributed by atoms with Gasteiger partial charge >= 0.3 is 0 Å². The van der Waals surface area contributed by atoms with Crippen LogP contribution in [0.3, 0.4) is 0 Å². The van der Waals surface area contributed by atoms with Crippen molar-refractivity contribution in [3.63, 3.8) is 0 Å². The van der Waals surface area contributed by atoms with Crippen LogP contribution in [0.2, 0.25) is 0 Å². The molecule has 2 aromatic carbocycles. The van der Waals surface area contributed by atoms with E-state index in [2.05, 4.69) is 30.9 Å². The van der Waals surface area contributed by atoms with Gasteiger partial charge in [0.15, 0.2) is 0 Å². The molecule has 2 fully saturated rings. The van der Waals surface area contributed by atoms with Crippen LogP contribution in [0.25, 0.3) is 0 Å². The largest absolute Gasteiger partial charge is 0.378 e. The lowest BCUT2D eigenvalue weighted by molar-refractivity contribution is -0.129. The van der Waals surface area contributed by atoms with Crippen molar-refractivity contribution >= 4 is 33.2 Å². The molecule has 0 aliphatic carbocycles. The van der Waals surface area contributed by atoms with Gasteiger partial charge in [0.2, 0.25) is 15.9 Å². The second-order valence-corrected chi connectivity index (χ2v) is 11.2. The number of anilines is 2. The van der Waals surface area contributed by atoms with Crippen LogP contribution in [0.4, 0.5) is 11.4 Å². The Morgan fingerprint density at radius 1 is 0.889 bits per heavy atom. The maximum atomic E-state index is 13.1. The number of rotatable bonds is 6. The summed E-state index contributed by atoms with van der Waals surface area (Å²) in [4.78, 5) is 31.5. The number of nitrogens with zero attached hydrogens (tertiary/aromatic N) is 4. The first-order valence-corrected chi connectivity index (χ1v) is 14.0. The molecule has 2 aromatic rings. The summed E-state index contributed by atoms with van der Waals surface area (Å²) in [6, 6.07) is 12.6. The molecule has 2 amide bonds. The lowest BCUT2D eigenvalue weighted by Gasteiger charge is -2.37. The van der Waals surface area contributed by atoms with Gasteiger partial charge in [-0.3, -0.25) is 13.9 Å². The Morgan fingerprint density at radius 2 is 1.53 bits per heavy atom. The quantitative estimate of drug-likeness (QED) is 0.585. The first-order chi connectivity index (χ1) is 17.1. The smallest absolute Gasteiger partial charge is 0.254 e. The highest BCUT2D eigenvalue weighted by Gasteiger charge is 2.27. The van der Waals surface area contributed by atoms with Gasteiger partial charge in [0.05, 0.1) is 25.2 Å². The van der Waals surface area contributed by atoms with Gasteiger partial charge < -0.3 is 19.4 Å². The summed E-state index contributed by atoms with van der Waals surface area (Å²) in [5.74, 6) is -0.358. The lowest BCUT2D eigenvalue weighted by Crippen LogP contribution is -2.52. The fourth-order valence-electron chi connectivity index (χ4n) is 4.62. The molecule has 0 saturated carbocycles. The fourth-order valence-corrected chi connectivity index (χ4v) is 5.47. The van der Waals surface area contributed by atoms with E-state index < -0.39 is 10.0 Å². The standard InChI is InChI=1S/C26H34N4O5S/c1-20-5-4-6-24(21(20)2)27-11-13-28(14-12-27)25(31)19-30(36(3,33)34)23-9-7-22(8-10-23)26(32)29-15-17-35-18-16-29/h4-10H,11-19H2,1-3H3. The number of sulfonamides is 1. The van der Waals surface area contributed by atoms with Gasteiger partial charge in [-0.05, 0) is 55.3 Å². The van der Waals surface area contributed by atoms with Gasteiger partial charge in [-0.15, -0.1) is 0 Å². The second kappa shape index (κ2) is 10.9. The van der Waals surface area contributed by atoms with E-state index in [-0.39, 0.29) is 18.4 Å². The zero-order valence-electron chi connectivity index (χ0n) is 21.1. The minimum Gasteiger partial charge on any atom is -0.378 e. The second-order valence-electron chi connectivity index (χ2n) is 9.31. The molecule has 10 heteroatoms. The Labute approximate surface area is 213 Å². The van der Waals surface area contributed by atoms with E-state index in [9.17, 15) is 18.0 Å². The van der Waals surface area contributed by atoms with Crippen molar-refractivity contribution in [3.8, 4) is 0 Å². The molecule has 0 atom stereocenters. The number of hydrogen-bond donors (Lipinski definition) is 0. The molecule has 0 N–H and O–H groups in total.